The first-order valence-electron chi connectivity index (χ1n) is 9.76. The summed E-state index contributed by atoms with van der Waals surface area (Å²) in [6.07, 6.45) is 5.35. The third-order valence-corrected chi connectivity index (χ3v) is 4.99. The highest BCUT2D eigenvalue weighted by Crippen LogP contribution is 2.33. The molecule has 0 saturated carbocycles. The molecule has 0 atom stereocenters. The molecule has 0 aliphatic carbocycles. The van der Waals surface area contributed by atoms with Crippen molar-refractivity contribution >= 4 is 16.0 Å². The first-order chi connectivity index (χ1) is 15.1. The van der Waals surface area contributed by atoms with Gasteiger partial charge in [-0.2, -0.15) is 0 Å². The van der Waals surface area contributed by atoms with Gasteiger partial charge in [0, 0.05) is 29.9 Å². The summed E-state index contributed by atoms with van der Waals surface area (Å²) in [5, 5.41) is 0. The molecule has 0 bridgehead atoms. The maximum absolute atomic E-state index is 14.1. The van der Waals surface area contributed by atoms with E-state index in [1.165, 1.54) is 10.8 Å². The van der Waals surface area contributed by atoms with Gasteiger partial charge in [0.05, 0.1) is 12.5 Å². The van der Waals surface area contributed by atoms with Crippen LogP contribution in [-0.4, -0.2) is 29.2 Å². The Morgan fingerprint density at radius 2 is 1.94 bits per heavy atom. The Morgan fingerprint density at radius 1 is 1.19 bits per heavy atom. The molecular weight excluding hydrogens is 442 g/mol. The lowest BCUT2D eigenvalue weighted by Crippen LogP contribution is -2.22. The lowest BCUT2D eigenvalue weighted by atomic mass is 10.1. The lowest BCUT2D eigenvalue weighted by molar-refractivity contribution is 0.436. The van der Waals surface area contributed by atoms with Gasteiger partial charge in [-0.3, -0.25) is 9.52 Å². The maximum atomic E-state index is 14.1. The summed E-state index contributed by atoms with van der Waals surface area (Å²) >= 11 is 0. The molecule has 0 aliphatic heterocycles. The molecule has 1 N–H and O–H groups in total. The van der Waals surface area contributed by atoms with Crippen molar-refractivity contribution in [3.05, 3.63) is 64.2 Å². The molecule has 0 saturated heterocycles. The molecule has 11 heteroatoms. The second-order valence-corrected chi connectivity index (χ2v) is 8.97. The monoisotopic (exact) mass is 464 g/mol. The van der Waals surface area contributed by atoms with Crippen LogP contribution in [0.15, 0.2) is 41.5 Å². The summed E-state index contributed by atoms with van der Waals surface area (Å²) in [5.74, 6) is -2.19. The number of anilines is 1. The smallest absolute Gasteiger partial charge is 0.253 e. The number of aromatic nitrogens is 3. The highest BCUT2D eigenvalue weighted by Gasteiger charge is 2.17. The Labute approximate surface area is 184 Å². The summed E-state index contributed by atoms with van der Waals surface area (Å²) in [4.78, 5) is 20.6. The minimum Gasteiger partial charge on any atom is -0.450 e. The van der Waals surface area contributed by atoms with Gasteiger partial charge in [-0.15, -0.1) is 0 Å². The highest BCUT2D eigenvalue weighted by molar-refractivity contribution is 7.91. The summed E-state index contributed by atoms with van der Waals surface area (Å²) in [6, 6.07) is 4.40. The highest BCUT2D eigenvalue weighted by atomic mass is 32.2. The number of unbranched alkanes of at least 4 members (excludes halogenated alkanes) is 1. The fraction of sp³-hybridized carbons (Fsp3) is 0.286. The molecule has 2 heterocycles. The number of aryl methyl sites for hydroxylation is 2. The molecule has 0 radical (unpaired) electrons. The number of nitrogens with zero attached hydrogens (tertiary/aromatic N) is 3. The number of halogens is 2. The summed E-state index contributed by atoms with van der Waals surface area (Å²) in [6.45, 7) is 4.12. The molecule has 0 amide bonds. The Bertz CT molecular complexity index is 1310. The van der Waals surface area contributed by atoms with Crippen molar-refractivity contribution in [2.45, 2.75) is 33.2 Å². The first-order valence-corrected chi connectivity index (χ1v) is 11.7. The molecular formula is C21H22F2N4O4S. The molecule has 0 unspecified atom stereocenters. The zero-order chi connectivity index (χ0) is 23.5. The summed E-state index contributed by atoms with van der Waals surface area (Å²) < 4.78 is 59.9. The van der Waals surface area contributed by atoms with Crippen molar-refractivity contribution in [3.8, 4) is 22.8 Å². The summed E-state index contributed by atoms with van der Waals surface area (Å²) in [5.41, 5.74) is 0.837. The number of sulfonamides is 1. The van der Waals surface area contributed by atoms with E-state index in [1.807, 2.05) is 6.92 Å². The Kier molecular flexibility index (Phi) is 6.87. The van der Waals surface area contributed by atoms with Gasteiger partial charge < -0.3 is 9.30 Å². The van der Waals surface area contributed by atoms with Crippen LogP contribution in [0.3, 0.4) is 0 Å². The Hall–Kier alpha value is -3.34. The number of benzene rings is 1. The van der Waals surface area contributed by atoms with Crippen LogP contribution in [0.2, 0.25) is 0 Å². The number of pyridine rings is 1. The fourth-order valence-corrected chi connectivity index (χ4v) is 3.38. The average Bonchev–Trinajstić information content (AvgIpc) is 2.71. The van der Waals surface area contributed by atoms with Crippen LogP contribution in [0.4, 0.5) is 14.7 Å². The van der Waals surface area contributed by atoms with E-state index < -0.39 is 21.7 Å². The molecule has 3 rings (SSSR count). The van der Waals surface area contributed by atoms with Crippen LogP contribution in [0.1, 0.15) is 25.3 Å². The van der Waals surface area contributed by atoms with Gasteiger partial charge in [-0.25, -0.2) is 27.2 Å². The number of nitrogens with one attached hydrogen (secondary N) is 1. The Morgan fingerprint density at radius 3 is 2.59 bits per heavy atom. The van der Waals surface area contributed by atoms with Crippen molar-refractivity contribution in [1.82, 2.24) is 14.5 Å². The van der Waals surface area contributed by atoms with Gasteiger partial charge >= 0.3 is 0 Å². The molecule has 0 spiro atoms. The van der Waals surface area contributed by atoms with Crippen LogP contribution in [0.25, 0.3) is 11.3 Å². The molecule has 0 aliphatic rings. The number of ether oxygens (including phenoxy) is 1. The second kappa shape index (κ2) is 9.43. The third-order valence-electron chi connectivity index (χ3n) is 4.44. The molecule has 1 aromatic carbocycles. The third kappa shape index (κ3) is 5.67. The molecule has 2 aromatic heterocycles. The van der Waals surface area contributed by atoms with Crippen LogP contribution in [0, 0.1) is 18.6 Å². The van der Waals surface area contributed by atoms with E-state index in [0.29, 0.717) is 23.7 Å². The van der Waals surface area contributed by atoms with Crippen molar-refractivity contribution in [2.75, 3.05) is 11.0 Å². The van der Waals surface area contributed by atoms with Crippen molar-refractivity contribution in [2.24, 2.45) is 0 Å². The van der Waals surface area contributed by atoms with E-state index in [1.54, 1.807) is 19.2 Å². The topological polar surface area (TPSA) is 103 Å². The van der Waals surface area contributed by atoms with Gasteiger partial charge in [0.2, 0.25) is 16.0 Å². The SMILES string of the molecule is CCCCn1cc(-c2nc(NS(C)(=O)=O)ncc2Oc2ccc(F)cc2F)cc(C)c1=O. The number of rotatable bonds is 8. The van der Waals surface area contributed by atoms with Crippen LogP contribution in [-0.2, 0) is 16.6 Å². The number of hydrogen-bond donors (Lipinski definition) is 1. The van der Waals surface area contributed by atoms with Crippen molar-refractivity contribution < 1.29 is 21.9 Å². The fourth-order valence-electron chi connectivity index (χ4n) is 2.95. The Balaban J connectivity index is 2.15. The van der Waals surface area contributed by atoms with Crippen LogP contribution in [0.5, 0.6) is 11.5 Å². The van der Waals surface area contributed by atoms with Crippen molar-refractivity contribution in [3.63, 3.8) is 0 Å². The minimum atomic E-state index is -3.67. The van der Waals surface area contributed by atoms with E-state index in [2.05, 4.69) is 14.7 Å². The van der Waals surface area contributed by atoms with Gasteiger partial charge in [0.25, 0.3) is 5.56 Å². The largest absolute Gasteiger partial charge is 0.450 e. The van der Waals surface area contributed by atoms with E-state index in [9.17, 15) is 22.0 Å². The van der Waals surface area contributed by atoms with Gasteiger partial charge in [-0.05, 0) is 31.5 Å². The molecule has 170 valence electrons. The van der Waals surface area contributed by atoms with Gasteiger partial charge in [-0.1, -0.05) is 13.3 Å². The standard InChI is InChI=1S/C21H22F2N4O4S/c1-4-5-8-27-12-14(9-13(2)20(27)28)19-18(11-24-21(25-19)26-32(3,29)30)31-17-7-6-15(22)10-16(17)23/h6-7,9-12H,4-5,8H2,1-3H3,(H,24,25,26). The second-order valence-electron chi connectivity index (χ2n) is 7.22. The van der Waals surface area contributed by atoms with E-state index >= 15 is 0 Å². The number of hydrogen-bond acceptors (Lipinski definition) is 6. The molecule has 32 heavy (non-hydrogen) atoms. The first kappa shape index (κ1) is 23.3. The summed E-state index contributed by atoms with van der Waals surface area (Å²) in [7, 11) is -3.67. The minimum absolute atomic E-state index is 0.00495. The van der Waals surface area contributed by atoms with Crippen LogP contribution >= 0.6 is 0 Å². The van der Waals surface area contributed by atoms with Gasteiger partial charge in [0.15, 0.2) is 17.3 Å². The van der Waals surface area contributed by atoms with E-state index in [4.69, 9.17) is 4.74 Å². The predicted molar refractivity (Wildman–Crippen MR) is 116 cm³/mol. The average molecular weight is 464 g/mol. The lowest BCUT2D eigenvalue weighted by Gasteiger charge is -2.14. The maximum Gasteiger partial charge on any atom is 0.253 e. The predicted octanol–water partition coefficient (Wildman–Crippen LogP) is 3.86. The van der Waals surface area contributed by atoms with Gasteiger partial charge in [0.1, 0.15) is 11.5 Å². The quantitative estimate of drug-likeness (QED) is 0.543. The molecule has 8 nitrogen and oxygen atoms in total. The molecule has 0 fully saturated rings. The zero-order valence-electron chi connectivity index (χ0n) is 17.7. The zero-order valence-corrected chi connectivity index (χ0v) is 18.5. The van der Waals surface area contributed by atoms with Crippen LogP contribution < -0.4 is 15.0 Å². The molecule has 3 aromatic rings. The van der Waals surface area contributed by atoms with E-state index in [0.717, 1.165) is 31.2 Å². The normalized spacial score (nSPS) is 11.4. The van der Waals surface area contributed by atoms with Crippen molar-refractivity contribution in [1.29, 1.82) is 0 Å². The van der Waals surface area contributed by atoms with E-state index in [-0.39, 0.29) is 28.7 Å².